The molecule has 0 amide bonds. The van der Waals surface area contributed by atoms with Crippen molar-refractivity contribution in [3.8, 4) is 0 Å². The summed E-state index contributed by atoms with van der Waals surface area (Å²) in [6, 6.07) is 3.81. The van der Waals surface area contributed by atoms with Crippen LogP contribution >= 0.6 is 15.9 Å². The molecule has 14 heavy (non-hydrogen) atoms. The second kappa shape index (κ2) is 4.22. The summed E-state index contributed by atoms with van der Waals surface area (Å²) in [4.78, 5) is 15.4. The van der Waals surface area contributed by atoms with E-state index in [-0.39, 0.29) is 11.2 Å². The first-order valence-electron chi connectivity index (χ1n) is 4.51. The van der Waals surface area contributed by atoms with E-state index < -0.39 is 0 Å². The molecule has 1 rings (SSSR count). The lowest BCUT2D eigenvalue weighted by Gasteiger charge is -2.18. The van der Waals surface area contributed by atoms with E-state index in [0.717, 1.165) is 5.56 Å². The Balaban J connectivity index is 3.08. The third kappa shape index (κ3) is 2.64. The zero-order valence-electron chi connectivity index (χ0n) is 8.67. The van der Waals surface area contributed by atoms with Gasteiger partial charge in [0.15, 0.2) is 5.78 Å². The van der Waals surface area contributed by atoms with E-state index in [0.29, 0.717) is 11.0 Å². The van der Waals surface area contributed by atoms with Crippen LogP contribution in [0.4, 0.5) is 0 Å². The molecule has 0 aliphatic carbocycles. The highest BCUT2D eigenvalue weighted by molar-refractivity contribution is 9.09. The van der Waals surface area contributed by atoms with Crippen LogP contribution in [0, 0.1) is 0 Å². The number of carbonyl (C=O) groups is 1. The zero-order valence-corrected chi connectivity index (χ0v) is 10.3. The first-order chi connectivity index (χ1) is 6.45. The molecule has 0 aromatic carbocycles. The fourth-order valence-corrected chi connectivity index (χ4v) is 1.41. The molecule has 0 N–H and O–H groups in total. The minimum atomic E-state index is 0.0242. The lowest BCUT2D eigenvalue weighted by Crippen LogP contribution is -2.13. The van der Waals surface area contributed by atoms with Gasteiger partial charge in [0, 0.05) is 6.20 Å². The number of aromatic nitrogens is 1. The standard InChI is InChI=1S/C11H14BrNO/c1-11(2,3)8-4-5-13-9(6-8)10(14)7-12/h4-6H,7H2,1-3H3. The Morgan fingerprint density at radius 3 is 2.64 bits per heavy atom. The fourth-order valence-electron chi connectivity index (χ4n) is 1.12. The van der Waals surface area contributed by atoms with Crippen molar-refractivity contribution >= 4 is 21.7 Å². The summed E-state index contributed by atoms with van der Waals surface area (Å²) in [6.07, 6.45) is 1.69. The van der Waals surface area contributed by atoms with Crippen molar-refractivity contribution in [3.63, 3.8) is 0 Å². The predicted octanol–water partition coefficient (Wildman–Crippen LogP) is 2.96. The third-order valence-electron chi connectivity index (χ3n) is 2.03. The molecule has 0 fully saturated rings. The Kier molecular flexibility index (Phi) is 3.43. The Morgan fingerprint density at radius 1 is 1.50 bits per heavy atom. The highest BCUT2D eigenvalue weighted by Gasteiger charge is 2.15. The number of halogens is 1. The normalized spacial score (nSPS) is 11.4. The highest BCUT2D eigenvalue weighted by atomic mass is 79.9. The molecular formula is C11H14BrNO. The Bertz CT molecular complexity index is 341. The Labute approximate surface area is 92.9 Å². The number of nitrogens with zero attached hydrogens (tertiary/aromatic N) is 1. The number of ketones is 1. The topological polar surface area (TPSA) is 30.0 Å². The predicted molar refractivity (Wildman–Crippen MR) is 61.1 cm³/mol. The number of pyridine rings is 1. The molecule has 0 saturated carbocycles. The zero-order chi connectivity index (χ0) is 10.8. The van der Waals surface area contributed by atoms with Crippen LogP contribution in [-0.2, 0) is 5.41 Å². The molecule has 1 aromatic heterocycles. The molecule has 3 heteroatoms. The number of hydrogen-bond donors (Lipinski definition) is 0. The van der Waals surface area contributed by atoms with Crippen LogP contribution in [0.25, 0.3) is 0 Å². The number of Topliss-reactive ketones (excluding diaryl/α,β-unsaturated/α-hetero) is 1. The van der Waals surface area contributed by atoms with Gasteiger partial charge in [-0.25, -0.2) is 0 Å². The van der Waals surface area contributed by atoms with Gasteiger partial charge in [0.25, 0.3) is 0 Å². The van der Waals surface area contributed by atoms with Crippen molar-refractivity contribution in [1.29, 1.82) is 0 Å². The van der Waals surface area contributed by atoms with Gasteiger partial charge in [-0.3, -0.25) is 9.78 Å². The minimum absolute atomic E-state index is 0.0242. The molecule has 0 unspecified atom stereocenters. The van der Waals surface area contributed by atoms with E-state index in [1.807, 2.05) is 12.1 Å². The van der Waals surface area contributed by atoms with Gasteiger partial charge in [0.05, 0.1) is 5.33 Å². The molecule has 76 valence electrons. The summed E-state index contributed by atoms with van der Waals surface area (Å²) < 4.78 is 0. The van der Waals surface area contributed by atoms with Crippen LogP contribution in [0.1, 0.15) is 36.8 Å². The van der Waals surface area contributed by atoms with Gasteiger partial charge in [-0.1, -0.05) is 36.7 Å². The highest BCUT2D eigenvalue weighted by Crippen LogP contribution is 2.22. The molecule has 0 spiro atoms. The Hall–Kier alpha value is -0.700. The lowest BCUT2D eigenvalue weighted by molar-refractivity contribution is 0.101. The van der Waals surface area contributed by atoms with Crippen molar-refractivity contribution in [2.75, 3.05) is 5.33 Å². The fraction of sp³-hybridized carbons (Fsp3) is 0.455. The van der Waals surface area contributed by atoms with Crippen molar-refractivity contribution in [2.45, 2.75) is 26.2 Å². The molecule has 0 atom stereocenters. The van der Waals surface area contributed by atoms with Gasteiger partial charge in [0.2, 0.25) is 0 Å². The molecule has 1 aromatic rings. The van der Waals surface area contributed by atoms with Crippen LogP contribution in [0.2, 0.25) is 0 Å². The lowest BCUT2D eigenvalue weighted by atomic mass is 9.87. The first-order valence-corrected chi connectivity index (χ1v) is 5.63. The van der Waals surface area contributed by atoms with Crippen molar-refractivity contribution in [1.82, 2.24) is 4.98 Å². The van der Waals surface area contributed by atoms with Crippen LogP contribution in [0.3, 0.4) is 0 Å². The number of rotatable bonds is 2. The summed E-state index contributed by atoms with van der Waals surface area (Å²) >= 11 is 3.14. The average molecular weight is 256 g/mol. The maximum absolute atomic E-state index is 11.4. The quantitative estimate of drug-likeness (QED) is 0.601. The van der Waals surface area contributed by atoms with Gasteiger partial charge in [-0.05, 0) is 23.1 Å². The van der Waals surface area contributed by atoms with Gasteiger partial charge in [-0.2, -0.15) is 0 Å². The van der Waals surface area contributed by atoms with Gasteiger partial charge < -0.3 is 0 Å². The molecule has 0 aliphatic rings. The maximum Gasteiger partial charge on any atom is 0.191 e. The second-order valence-corrected chi connectivity index (χ2v) is 4.80. The van der Waals surface area contributed by atoms with E-state index in [4.69, 9.17) is 0 Å². The Morgan fingerprint density at radius 2 is 2.14 bits per heavy atom. The van der Waals surface area contributed by atoms with E-state index in [9.17, 15) is 4.79 Å². The van der Waals surface area contributed by atoms with Crippen molar-refractivity contribution in [3.05, 3.63) is 29.6 Å². The number of alkyl halides is 1. The van der Waals surface area contributed by atoms with Crippen LogP contribution in [-0.4, -0.2) is 16.1 Å². The summed E-state index contributed by atoms with van der Waals surface area (Å²) in [7, 11) is 0. The van der Waals surface area contributed by atoms with Crippen LogP contribution in [0.15, 0.2) is 18.3 Å². The van der Waals surface area contributed by atoms with E-state index in [1.165, 1.54) is 0 Å². The first kappa shape index (κ1) is 11.4. The molecule has 0 radical (unpaired) electrons. The van der Waals surface area contributed by atoms with Gasteiger partial charge in [0.1, 0.15) is 5.69 Å². The summed E-state index contributed by atoms with van der Waals surface area (Å²) in [5.74, 6) is 0.0242. The molecule has 0 saturated heterocycles. The molecular weight excluding hydrogens is 242 g/mol. The third-order valence-corrected chi connectivity index (χ3v) is 2.54. The SMILES string of the molecule is CC(C)(C)c1ccnc(C(=O)CBr)c1. The smallest absolute Gasteiger partial charge is 0.191 e. The van der Waals surface area contributed by atoms with Gasteiger partial charge >= 0.3 is 0 Å². The monoisotopic (exact) mass is 255 g/mol. The van der Waals surface area contributed by atoms with Crippen molar-refractivity contribution in [2.24, 2.45) is 0 Å². The number of hydrogen-bond acceptors (Lipinski definition) is 2. The largest absolute Gasteiger partial charge is 0.291 e. The van der Waals surface area contributed by atoms with Crippen molar-refractivity contribution < 1.29 is 4.79 Å². The summed E-state index contributed by atoms with van der Waals surface area (Å²) in [5, 5.41) is 0.327. The van der Waals surface area contributed by atoms with E-state index in [1.54, 1.807) is 6.20 Å². The molecule has 2 nitrogen and oxygen atoms in total. The average Bonchev–Trinajstić information content (AvgIpc) is 2.15. The molecule has 1 heterocycles. The second-order valence-electron chi connectivity index (χ2n) is 4.24. The molecule has 0 aliphatic heterocycles. The number of carbonyl (C=O) groups excluding carboxylic acids is 1. The maximum atomic E-state index is 11.4. The minimum Gasteiger partial charge on any atom is -0.291 e. The van der Waals surface area contributed by atoms with Gasteiger partial charge in [-0.15, -0.1) is 0 Å². The van der Waals surface area contributed by atoms with Crippen LogP contribution < -0.4 is 0 Å². The van der Waals surface area contributed by atoms with E-state index in [2.05, 4.69) is 41.7 Å². The summed E-state index contributed by atoms with van der Waals surface area (Å²) in [6.45, 7) is 6.35. The molecule has 0 bridgehead atoms. The summed E-state index contributed by atoms with van der Waals surface area (Å²) in [5.41, 5.74) is 1.73. The van der Waals surface area contributed by atoms with Crippen LogP contribution in [0.5, 0.6) is 0 Å². The van der Waals surface area contributed by atoms with E-state index >= 15 is 0 Å².